The summed E-state index contributed by atoms with van der Waals surface area (Å²) in [5.41, 5.74) is 2.26. The van der Waals surface area contributed by atoms with Crippen molar-refractivity contribution in [2.75, 3.05) is 31.1 Å². The van der Waals surface area contributed by atoms with E-state index in [2.05, 4.69) is 10.2 Å². The van der Waals surface area contributed by atoms with Crippen LogP contribution in [-0.2, 0) is 0 Å². The van der Waals surface area contributed by atoms with Crippen LogP contribution in [0.4, 0.5) is 10.1 Å². The molecule has 0 bridgehead atoms. The Balaban J connectivity index is 2.39. The summed E-state index contributed by atoms with van der Waals surface area (Å²) in [5.74, 6) is -0.250. The molecule has 4 heteroatoms. The molecule has 0 radical (unpaired) electrons. The summed E-state index contributed by atoms with van der Waals surface area (Å²) in [7, 11) is 0. The Labute approximate surface area is 101 Å². The molecule has 2 rings (SSSR count). The van der Waals surface area contributed by atoms with E-state index in [1.807, 2.05) is 6.07 Å². The summed E-state index contributed by atoms with van der Waals surface area (Å²) in [5, 5.41) is 13.0. The van der Waals surface area contributed by atoms with Gasteiger partial charge in [0.05, 0.1) is 6.10 Å². The normalized spacial score (nSPS) is 18.2. The van der Waals surface area contributed by atoms with Gasteiger partial charge in [0.15, 0.2) is 0 Å². The lowest BCUT2D eigenvalue weighted by atomic mass is 10.0. The molecule has 3 nitrogen and oxygen atoms in total. The average Bonchev–Trinajstić information content (AvgIpc) is 2.33. The van der Waals surface area contributed by atoms with Crippen LogP contribution in [-0.4, -0.2) is 31.3 Å². The molecule has 1 aliphatic heterocycles. The minimum Gasteiger partial charge on any atom is -0.389 e. The lowest BCUT2D eigenvalue weighted by Gasteiger charge is -2.32. The number of nitrogens with one attached hydrogen (secondary N) is 1. The van der Waals surface area contributed by atoms with Crippen molar-refractivity contribution in [1.29, 1.82) is 0 Å². The third-order valence-electron chi connectivity index (χ3n) is 3.22. The minimum absolute atomic E-state index is 0.250. The zero-order valence-electron chi connectivity index (χ0n) is 10.3. The van der Waals surface area contributed by atoms with Crippen molar-refractivity contribution < 1.29 is 9.50 Å². The standard InChI is InChI=1S/C13H19FN2O/c1-9-7-13(16-5-3-15-4-6-16)11(10(2)17)8-12(9)14/h7-8,10,15,17H,3-6H2,1-2H3/t10-/m1/s1. The number of aryl methyl sites for hydroxylation is 1. The van der Waals surface area contributed by atoms with Gasteiger partial charge >= 0.3 is 0 Å². The SMILES string of the molecule is Cc1cc(N2CCNCC2)c([C@@H](C)O)cc1F. The molecule has 0 amide bonds. The largest absolute Gasteiger partial charge is 0.389 e. The van der Waals surface area contributed by atoms with E-state index in [-0.39, 0.29) is 5.82 Å². The second-order valence-electron chi connectivity index (χ2n) is 4.57. The number of piperazine rings is 1. The molecule has 17 heavy (non-hydrogen) atoms. The highest BCUT2D eigenvalue weighted by molar-refractivity contribution is 5.57. The van der Waals surface area contributed by atoms with E-state index in [1.54, 1.807) is 13.8 Å². The summed E-state index contributed by atoms with van der Waals surface area (Å²) in [6, 6.07) is 3.29. The van der Waals surface area contributed by atoms with Crippen LogP contribution < -0.4 is 10.2 Å². The molecule has 2 N–H and O–H groups in total. The molecule has 0 saturated carbocycles. The maximum atomic E-state index is 13.5. The molecule has 1 aliphatic rings. The quantitative estimate of drug-likeness (QED) is 0.821. The van der Waals surface area contributed by atoms with E-state index < -0.39 is 6.10 Å². The first-order valence-electron chi connectivity index (χ1n) is 6.03. The predicted octanol–water partition coefficient (Wildman–Crippen LogP) is 1.60. The Hall–Kier alpha value is -1.13. The average molecular weight is 238 g/mol. The Morgan fingerprint density at radius 1 is 1.35 bits per heavy atom. The van der Waals surface area contributed by atoms with E-state index >= 15 is 0 Å². The fraction of sp³-hybridized carbons (Fsp3) is 0.538. The number of aliphatic hydroxyl groups excluding tert-OH is 1. The summed E-state index contributed by atoms with van der Waals surface area (Å²) in [4.78, 5) is 2.20. The van der Waals surface area contributed by atoms with Crippen LogP contribution in [0.25, 0.3) is 0 Å². The van der Waals surface area contributed by atoms with E-state index in [0.717, 1.165) is 31.9 Å². The molecule has 1 fully saturated rings. The maximum absolute atomic E-state index is 13.5. The van der Waals surface area contributed by atoms with Crippen LogP contribution in [0, 0.1) is 12.7 Å². The predicted molar refractivity (Wildman–Crippen MR) is 66.9 cm³/mol. The van der Waals surface area contributed by atoms with Crippen LogP contribution in [0.5, 0.6) is 0 Å². The molecule has 0 aliphatic carbocycles. The maximum Gasteiger partial charge on any atom is 0.126 e. The summed E-state index contributed by atoms with van der Waals surface area (Å²) >= 11 is 0. The number of benzene rings is 1. The molecule has 94 valence electrons. The molecule has 1 aromatic carbocycles. The minimum atomic E-state index is -0.644. The van der Waals surface area contributed by atoms with Crippen molar-refractivity contribution in [3.05, 3.63) is 29.1 Å². The monoisotopic (exact) mass is 238 g/mol. The Morgan fingerprint density at radius 2 is 2.00 bits per heavy atom. The number of hydrogen-bond donors (Lipinski definition) is 2. The van der Waals surface area contributed by atoms with Crippen molar-refractivity contribution in [3.8, 4) is 0 Å². The number of hydrogen-bond acceptors (Lipinski definition) is 3. The second kappa shape index (κ2) is 5.02. The summed E-state index contributed by atoms with van der Waals surface area (Å²) in [6.45, 7) is 7.07. The molecular weight excluding hydrogens is 219 g/mol. The lowest BCUT2D eigenvalue weighted by Crippen LogP contribution is -2.44. The Morgan fingerprint density at radius 3 is 2.59 bits per heavy atom. The number of anilines is 1. The molecule has 1 saturated heterocycles. The number of aliphatic hydroxyl groups is 1. The molecule has 1 aromatic rings. The third kappa shape index (κ3) is 2.58. The van der Waals surface area contributed by atoms with Gasteiger partial charge in [0.1, 0.15) is 5.82 Å². The topological polar surface area (TPSA) is 35.5 Å². The number of halogens is 1. The zero-order valence-corrected chi connectivity index (χ0v) is 10.3. The second-order valence-corrected chi connectivity index (χ2v) is 4.57. The highest BCUT2D eigenvalue weighted by Gasteiger charge is 2.18. The van der Waals surface area contributed by atoms with Crippen LogP contribution in [0.3, 0.4) is 0 Å². The van der Waals surface area contributed by atoms with Gasteiger partial charge in [-0.3, -0.25) is 0 Å². The van der Waals surface area contributed by atoms with Gasteiger partial charge in [-0.25, -0.2) is 4.39 Å². The third-order valence-corrected chi connectivity index (χ3v) is 3.22. The molecule has 1 atom stereocenters. The number of rotatable bonds is 2. The zero-order chi connectivity index (χ0) is 12.4. The molecule has 0 aromatic heterocycles. The van der Waals surface area contributed by atoms with Gasteiger partial charge in [-0.1, -0.05) is 0 Å². The lowest BCUT2D eigenvalue weighted by molar-refractivity contribution is 0.199. The molecule has 0 unspecified atom stereocenters. The first kappa shape index (κ1) is 12.3. The van der Waals surface area contributed by atoms with Gasteiger partial charge in [0, 0.05) is 37.4 Å². The summed E-state index contributed by atoms with van der Waals surface area (Å²) in [6.07, 6.45) is -0.644. The van der Waals surface area contributed by atoms with Crippen molar-refractivity contribution in [1.82, 2.24) is 5.32 Å². The molecular formula is C13H19FN2O. The first-order chi connectivity index (χ1) is 8.09. The van der Waals surface area contributed by atoms with Crippen molar-refractivity contribution >= 4 is 5.69 Å². The fourth-order valence-corrected chi connectivity index (χ4v) is 2.20. The Bertz CT molecular complexity index is 401. The van der Waals surface area contributed by atoms with Gasteiger partial charge in [-0.05, 0) is 31.5 Å². The van der Waals surface area contributed by atoms with Crippen LogP contribution in [0.2, 0.25) is 0 Å². The van der Waals surface area contributed by atoms with Crippen LogP contribution in [0.1, 0.15) is 24.2 Å². The van der Waals surface area contributed by atoms with Gasteiger partial charge in [0.2, 0.25) is 0 Å². The first-order valence-corrected chi connectivity index (χ1v) is 6.03. The van der Waals surface area contributed by atoms with E-state index in [9.17, 15) is 9.50 Å². The van der Waals surface area contributed by atoms with E-state index in [4.69, 9.17) is 0 Å². The fourth-order valence-electron chi connectivity index (χ4n) is 2.20. The van der Waals surface area contributed by atoms with Crippen molar-refractivity contribution in [2.24, 2.45) is 0 Å². The van der Waals surface area contributed by atoms with Gasteiger partial charge < -0.3 is 15.3 Å². The highest BCUT2D eigenvalue weighted by Crippen LogP contribution is 2.29. The molecule has 1 heterocycles. The number of nitrogens with zero attached hydrogens (tertiary/aromatic N) is 1. The van der Waals surface area contributed by atoms with Gasteiger partial charge in [0.25, 0.3) is 0 Å². The summed E-state index contributed by atoms with van der Waals surface area (Å²) < 4.78 is 13.5. The van der Waals surface area contributed by atoms with E-state index in [0.29, 0.717) is 11.1 Å². The Kier molecular flexibility index (Phi) is 3.64. The van der Waals surface area contributed by atoms with Crippen LogP contribution >= 0.6 is 0 Å². The van der Waals surface area contributed by atoms with Crippen molar-refractivity contribution in [2.45, 2.75) is 20.0 Å². The van der Waals surface area contributed by atoms with E-state index in [1.165, 1.54) is 6.07 Å². The smallest absolute Gasteiger partial charge is 0.126 e. The molecule has 0 spiro atoms. The van der Waals surface area contributed by atoms with Crippen LogP contribution in [0.15, 0.2) is 12.1 Å². The van der Waals surface area contributed by atoms with Gasteiger partial charge in [-0.2, -0.15) is 0 Å². The van der Waals surface area contributed by atoms with Gasteiger partial charge in [-0.15, -0.1) is 0 Å². The van der Waals surface area contributed by atoms with Crippen molar-refractivity contribution in [3.63, 3.8) is 0 Å². The highest BCUT2D eigenvalue weighted by atomic mass is 19.1.